The minimum Gasteiger partial charge on any atom is -0.497 e. The van der Waals surface area contributed by atoms with E-state index in [1.54, 1.807) is 7.11 Å². The lowest BCUT2D eigenvalue weighted by Crippen LogP contribution is -2.39. The molecule has 0 spiro atoms. The predicted octanol–water partition coefficient (Wildman–Crippen LogP) is 2.89. The Morgan fingerprint density at radius 2 is 1.94 bits per heavy atom. The van der Waals surface area contributed by atoms with Gasteiger partial charge in [0, 0.05) is 11.8 Å². The maximum atomic E-state index is 12.7. The number of carbonyl (C=O) groups is 1. The average Bonchev–Trinajstić information content (AvgIpc) is 3.17. The highest BCUT2D eigenvalue weighted by Gasteiger charge is 2.48. The van der Waals surface area contributed by atoms with Gasteiger partial charge in [-0.2, -0.15) is 4.99 Å². The van der Waals surface area contributed by atoms with E-state index in [9.17, 15) is 13.2 Å². The highest BCUT2D eigenvalue weighted by atomic mass is 32.2. The Bertz CT molecular complexity index is 1100. The van der Waals surface area contributed by atoms with Crippen LogP contribution < -0.4 is 4.74 Å². The number of amidine groups is 1. The summed E-state index contributed by atoms with van der Waals surface area (Å²) in [4.78, 5) is 19.1. The largest absolute Gasteiger partial charge is 0.497 e. The molecule has 0 N–H and O–H groups in total. The molecule has 2 fully saturated rings. The van der Waals surface area contributed by atoms with Crippen LogP contribution in [-0.2, 0) is 27.5 Å². The number of sulfone groups is 1. The Hall–Kier alpha value is -2.32. The third-order valence-electron chi connectivity index (χ3n) is 5.63. The highest BCUT2D eigenvalue weighted by molar-refractivity contribution is 8.15. The van der Waals surface area contributed by atoms with Crippen LogP contribution in [0.4, 0.5) is 0 Å². The van der Waals surface area contributed by atoms with Crippen LogP contribution in [0.3, 0.4) is 0 Å². The molecule has 0 unspecified atom stereocenters. The molecule has 2 saturated heterocycles. The molecule has 2 aliphatic heterocycles. The van der Waals surface area contributed by atoms with Crippen LogP contribution in [0.2, 0.25) is 0 Å². The maximum absolute atomic E-state index is 12.7. The van der Waals surface area contributed by atoms with Gasteiger partial charge in [0.05, 0.1) is 31.1 Å². The van der Waals surface area contributed by atoms with Gasteiger partial charge in [-0.15, -0.1) is 0 Å². The molecule has 2 heterocycles. The lowest BCUT2D eigenvalue weighted by atomic mass is 10.1. The van der Waals surface area contributed by atoms with Crippen molar-refractivity contribution in [3.63, 3.8) is 0 Å². The molecule has 0 radical (unpaired) electrons. The van der Waals surface area contributed by atoms with E-state index in [1.807, 2.05) is 60.4 Å². The molecule has 0 aromatic heterocycles. The number of fused-ring (bicyclic) bond motifs is 1. The monoisotopic (exact) mass is 458 g/mol. The van der Waals surface area contributed by atoms with Crippen molar-refractivity contribution in [2.75, 3.05) is 25.2 Å². The first-order valence-corrected chi connectivity index (χ1v) is 13.0. The van der Waals surface area contributed by atoms with E-state index >= 15 is 0 Å². The van der Waals surface area contributed by atoms with Crippen molar-refractivity contribution < 1.29 is 17.9 Å². The number of aryl methyl sites for hydroxylation is 1. The number of amides is 1. The second-order valence-corrected chi connectivity index (χ2v) is 11.4. The molecule has 164 valence electrons. The smallest absolute Gasteiger partial charge is 0.252 e. The molecule has 0 saturated carbocycles. The molecular weight excluding hydrogens is 432 g/mol. The topological polar surface area (TPSA) is 76.0 Å². The Morgan fingerprint density at radius 1 is 1.16 bits per heavy atom. The first-order valence-electron chi connectivity index (χ1n) is 10.3. The lowest BCUT2D eigenvalue weighted by Gasteiger charge is -2.24. The number of hydrogen-bond donors (Lipinski definition) is 0. The van der Waals surface area contributed by atoms with Crippen molar-refractivity contribution in [3.05, 3.63) is 65.2 Å². The molecule has 0 aliphatic carbocycles. The summed E-state index contributed by atoms with van der Waals surface area (Å²) < 4.78 is 29.6. The fourth-order valence-electron chi connectivity index (χ4n) is 4.08. The van der Waals surface area contributed by atoms with E-state index in [1.165, 1.54) is 11.8 Å². The summed E-state index contributed by atoms with van der Waals surface area (Å²) in [7, 11) is -1.42. The number of methoxy groups -OCH3 is 1. The zero-order chi connectivity index (χ0) is 22.0. The molecule has 2 atom stereocenters. The molecular formula is C23H26N2O4S2. The van der Waals surface area contributed by atoms with Gasteiger partial charge in [0.2, 0.25) is 0 Å². The molecule has 1 amide bonds. The molecule has 2 aromatic carbocycles. The Labute approximate surface area is 187 Å². The Balaban J connectivity index is 1.50. The van der Waals surface area contributed by atoms with Crippen molar-refractivity contribution in [3.8, 4) is 5.75 Å². The first kappa shape index (κ1) is 21.9. The molecule has 8 heteroatoms. The summed E-state index contributed by atoms with van der Waals surface area (Å²) in [6.07, 6.45) is 0.977. The second kappa shape index (κ2) is 9.04. The van der Waals surface area contributed by atoms with Gasteiger partial charge < -0.3 is 9.64 Å². The third-order valence-corrected chi connectivity index (χ3v) is 8.88. The Kier molecular flexibility index (Phi) is 6.39. The predicted molar refractivity (Wildman–Crippen MR) is 125 cm³/mol. The number of rotatable bonds is 6. The van der Waals surface area contributed by atoms with E-state index in [4.69, 9.17) is 4.74 Å². The summed E-state index contributed by atoms with van der Waals surface area (Å²) >= 11 is 1.43. The van der Waals surface area contributed by atoms with E-state index in [-0.39, 0.29) is 35.1 Å². The van der Waals surface area contributed by atoms with Gasteiger partial charge in [-0.05, 0) is 36.6 Å². The lowest BCUT2D eigenvalue weighted by molar-refractivity contribution is -0.117. The van der Waals surface area contributed by atoms with Crippen LogP contribution in [0.15, 0.2) is 53.5 Å². The fraction of sp³-hybridized carbons (Fsp3) is 0.391. The zero-order valence-corrected chi connectivity index (χ0v) is 19.3. The molecule has 0 bridgehead atoms. The van der Waals surface area contributed by atoms with Gasteiger partial charge in [-0.1, -0.05) is 53.7 Å². The minimum absolute atomic E-state index is 0.0635. The SMILES string of the molecule is COc1ccc(CCN2C(=NC(=O)Cc3cccc(C)c3)S[C@H]3CS(=O)(=O)C[C@H]32)cc1. The van der Waals surface area contributed by atoms with Crippen LogP contribution in [0.5, 0.6) is 5.75 Å². The normalized spacial score (nSPS) is 23.2. The van der Waals surface area contributed by atoms with Gasteiger partial charge in [-0.25, -0.2) is 8.42 Å². The van der Waals surface area contributed by atoms with Crippen molar-refractivity contribution in [1.82, 2.24) is 4.90 Å². The minimum atomic E-state index is -3.05. The van der Waals surface area contributed by atoms with Crippen LogP contribution in [0.25, 0.3) is 0 Å². The van der Waals surface area contributed by atoms with Crippen LogP contribution in [-0.4, -0.2) is 60.8 Å². The number of benzene rings is 2. The summed E-state index contributed by atoms with van der Waals surface area (Å²) in [5.74, 6) is 0.863. The van der Waals surface area contributed by atoms with Crippen molar-refractivity contribution in [2.45, 2.75) is 31.1 Å². The van der Waals surface area contributed by atoms with Gasteiger partial charge in [0.15, 0.2) is 15.0 Å². The summed E-state index contributed by atoms with van der Waals surface area (Å²) in [5, 5.41) is 0.586. The van der Waals surface area contributed by atoms with Gasteiger partial charge in [0.1, 0.15) is 5.75 Å². The van der Waals surface area contributed by atoms with Crippen molar-refractivity contribution in [1.29, 1.82) is 0 Å². The number of aliphatic imine (C=N–C) groups is 1. The van der Waals surface area contributed by atoms with Gasteiger partial charge >= 0.3 is 0 Å². The zero-order valence-electron chi connectivity index (χ0n) is 17.7. The van der Waals surface area contributed by atoms with E-state index in [2.05, 4.69) is 4.99 Å². The van der Waals surface area contributed by atoms with Crippen LogP contribution in [0.1, 0.15) is 16.7 Å². The van der Waals surface area contributed by atoms with Crippen molar-refractivity contribution in [2.24, 2.45) is 4.99 Å². The standard InChI is InChI=1S/C23H26N2O4S2/c1-16-4-3-5-18(12-16)13-22(26)24-23-25(20-14-31(27,28)15-21(20)30-23)11-10-17-6-8-19(29-2)9-7-17/h3-9,12,20-21H,10-11,13-15H2,1-2H3/t20-,21+/m1/s1. The molecule has 6 nitrogen and oxygen atoms in total. The highest BCUT2D eigenvalue weighted by Crippen LogP contribution is 2.38. The quantitative estimate of drug-likeness (QED) is 0.663. The number of ether oxygens (including phenoxy) is 1. The van der Waals surface area contributed by atoms with Gasteiger partial charge in [-0.3, -0.25) is 4.79 Å². The second-order valence-electron chi connectivity index (χ2n) is 8.05. The van der Waals surface area contributed by atoms with E-state index in [0.29, 0.717) is 11.7 Å². The summed E-state index contributed by atoms with van der Waals surface area (Å²) in [6.45, 7) is 2.61. The summed E-state index contributed by atoms with van der Waals surface area (Å²) in [6, 6.07) is 15.6. The van der Waals surface area contributed by atoms with Crippen molar-refractivity contribution >= 4 is 32.7 Å². The third kappa shape index (κ3) is 5.30. The summed E-state index contributed by atoms with van der Waals surface area (Å²) in [5.41, 5.74) is 3.17. The first-order chi connectivity index (χ1) is 14.8. The fourth-order valence-corrected chi connectivity index (χ4v) is 8.08. The number of hydrogen-bond acceptors (Lipinski definition) is 5. The number of thioether (sulfide) groups is 1. The molecule has 31 heavy (non-hydrogen) atoms. The van der Waals surface area contributed by atoms with Crippen LogP contribution >= 0.6 is 11.8 Å². The van der Waals surface area contributed by atoms with E-state index in [0.717, 1.165) is 28.9 Å². The van der Waals surface area contributed by atoms with Crippen LogP contribution in [0, 0.1) is 6.92 Å². The number of nitrogens with zero attached hydrogens (tertiary/aromatic N) is 2. The molecule has 4 rings (SSSR count). The maximum Gasteiger partial charge on any atom is 0.252 e. The molecule has 2 aliphatic rings. The van der Waals surface area contributed by atoms with E-state index < -0.39 is 9.84 Å². The van der Waals surface area contributed by atoms with Gasteiger partial charge in [0.25, 0.3) is 5.91 Å². The Morgan fingerprint density at radius 3 is 2.65 bits per heavy atom. The average molecular weight is 459 g/mol. The molecule has 2 aromatic rings. The number of carbonyl (C=O) groups excluding carboxylic acids is 1.